The van der Waals surface area contributed by atoms with Crippen molar-refractivity contribution in [3.8, 4) is 0 Å². The number of rotatable bonds is 4. The van der Waals surface area contributed by atoms with Gasteiger partial charge in [-0.1, -0.05) is 30.3 Å². The van der Waals surface area contributed by atoms with Gasteiger partial charge in [-0.2, -0.15) is 0 Å². The van der Waals surface area contributed by atoms with Crippen LogP contribution in [0.15, 0.2) is 42.5 Å². The molecule has 1 aromatic heterocycles. The minimum absolute atomic E-state index is 0.0276. The fourth-order valence-electron chi connectivity index (χ4n) is 4.64. The summed E-state index contributed by atoms with van der Waals surface area (Å²) in [5.74, 6) is 0.0276. The molecule has 0 bridgehead atoms. The maximum Gasteiger partial charge on any atom is 0.254 e. The van der Waals surface area contributed by atoms with Gasteiger partial charge in [0.1, 0.15) is 0 Å². The number of ether oxygens (including phenoxy) is 1. The minimum atomic E-state index is -0.199. The molecule has 4 rings (SSSR count). The van der Waals surface area contributed by atoms with E-state index in [1.165, 1.54) is 0 Å². The first-order valence-corrected chi connectivity index (χ1v) is 10.8. The molecule has 1 amide bonds. The first kappa shape index (κ1) is 21.0. The lowest BCUT2D eigenvalue weighted by Gasteiger charge is -2.44. The zero-order valence-electron chi connectivity index (χ0n) is 17.8. The smallest absolute Gasteiger partial charge is 0.254 e. The van der Waals surface area contributed by atoms with E-state index in [0.29, 0.717) is 18.7 Å². The molecule has 1 N–H and O–H groups in total. The number of pyridine rings is 1. The Bertz CT molecular complexity index is 845. The Kier molecular flexibility index (Phi) is 6.46. The zero-order chi connectivity index (χ0) is 21.1. The van der Waals surface area contributed by atoms with Gasteiger partial charge in [-0.3, -0.25) is 9.78 Å². The third kappa shape index (κ3) is 4.72. The quantitative estimate of drug-likeness (QED) is 0.841. The van der Waals surface area contributed by atoms with E-state index in [9.17, 15) is 9.90 Å². The van der Waals surface area contributed by atoms with E-state index in [4.69, 9.17) is 4.74 Å². The summed E-state index contributed by atoms with van der Waals surface area (Å²) >= 11 is 0. The summed E-state index contributed by atoms with van der Waals surface area (Å²) in [5, 5.41) is 9.83. The van der Waals surface area contributed by atoms with Gasteiger partial charge in [-0.15, -0.1) is 0 Å². The maximum atomic E-state index is 13.6. The van der Waals surface area contributed by atoms with Crippen LogP contribution in [0.5, 0.6) is 0 Å². The number of carbonyl (C=O) groups excluding carboxylic acids is 1. The number of carbonyl (C=O) groups is 1. The number of amides is 1. The van der Waals surface area contributed by atoms with Crippen LogP contribution in [0.3, 0.4) is 0 Å². The minimum Gasteiger partial charge on any atom is -0.393 e. The molecule has 3 heterocycles. The first-order valence-electron chi connectivity index (χ1n) is 10.8. The second-order valence-corrected chi connectivity index (χ2v) is 8.43. The molecule has 1 aromatic carbocycles. The Morgan fingerprint density at radius 1 is 1.10 bits per heavy atom. The van der Waals surface area contributed by atoms with Crippen LogP contribution < -0.4 is 0 Å². The van der Waals surface area contributed by atoms with Crippen molar-refractivity contribution < 1.29 is 14.6 Å². The Labute approximate surface area is 178 Å². The SMILES string of the molecule is Cc1cc(C(=O)N2CCO[C@@H](CN3CCC(O)CC3)[C@@H]2c2ccccc2)cc(C)n1. The molecular formula is C24H31N3O3. The highest BCUT2D eigenvalue weighted by molar-refractivity contribution is 5.94. The number of aromatic nitrogens is 1. The largest absolute Gasteiger partial charge is 0.393 e. The van der Waals surface area contributed by atoms with Gasteiger partial charge >= 0.3 is 0 Å². The van der Waals surface area contributed by atoms with E-state index in [0.717, 1.165) is 49.4 Å². The molecule has 2 aromatic rings. The predicted molar refractivity (Wildman–Crippen MR) is 115 cm³/mol. The highest BCUT2D eigenvalue weighted by Gasteiger charge is 2.38. The van der Waals surface area contributed by atoms with Gasteiger partial charge < -0.3 is 19.6 Å². The molecule has 0 aliphatic carbocycles. The molecule has 0 unspecified atom stereocenters. The van der Waals surface area contributed by atoms with Gasteiger partial charge in [0.15, 0.2) is 0 Å². The predicted octanol–water partition coefficient (Wildman–Crippen LogP) is 2.74. The molecule has 2 fully saturated rings. The van der Waals surface area contributed by atoms with Crippen molar-refractivity contribution in [1.29, 1.82) is 0 Å². The lowest BCUT2D eigenvalue weighted by Crippen LogP contribution is -2.52. The fraction of sp³-hybridized carbons (Fsp3) is 0.500. The van der Waals surface area contributed by atoms with E-state index in [1.807, 2.05) is 49.1 Å². The van der Waals surface area contributed by atoms with E-state index in [1.54, 1.807) is 0 Å². The van der Waals surface area contributed by atoms with Crippen LogP contribution in [-0.2, 0) is 4.74 Å². The molecule has 6 heteroatoms. The molecule has 0 spiro atoms. The van der Waals surface area contributed by atoms with Crippen LogP contribution >= 0.6 is 0 Å². The number of hydrogen-bond donors (Lipinski definition) is 1. The first-order chi connectivity index (χ1) is 14.5. The van der Waals surface area contributed by atoms with Gasteiger partial charge in [0, 0.05) is 43.1 Å². The molecule has 2 aliphatic rings. The third-order valence-electron chi connectivity index (χ3n) is 6.08. The normalized spacial score (nSPS) is 23.5. The van der Waals surface area contributed by atoms with Crippen molar-refractivity contribution in [3.05, 3.63) is 65.0 Å². The van der Waals surface area contributed by atoms with Crippen molar-refractivity contribution in [1.82, 2.24) is 14.8 Å². The Hall–Kier alpha value is -2.28. The number of likely N-dealkylation sites (tertiary alicyclic amines) is 1. The van der Waals surface area contributed by atoms with Gasteiger partial charge in [0.05, 0.1) is 24.9 Å². The number of morpholine rings is 1. The summed E-state index contributed by atoms with van der Waals surface area (Å²) in [6.07, 6.45) is 1.28. The summed E-state index contributed by atoms with van der Waals surface area (Å²) in [6.45, 7) is 7.41. The van der Waals surface area contributed by atoms with Crippen molar-refractivity contribution >= 4 is 5.91 Å². The van der Waals surface area contributed by atoms with E-state index < -0.39 is 0 Å². The summed E-state index contributed by atoms with van der Waals surface area (Å²) in [5.41, 5.74) is 3.48. The van der Waals surface area contributed by atoms with Gasteiger partial charge in [-0.25, -0.2) is 0 Å². The summed E-state index contributed by atoms with van der Waals surface area (Å²) in [6, 6.07) is 13.8. The number of benzene rings is 1. The van der Waals surface area contributed by atoms with Crippen LogP contribution in [-0.4, -0.2) is 70.8 Å². The van der Waals surface area contributed by atoms with Crippen LogP contribution in [0, 0.1) is 13.8 Å². The highest BCUT2D eigenvalue weighted by Crippen LogP contribution is 2.32. The number of aliphatic hydroxyl groups is 1. The Balaban J connectivity index is 1.62. The summed E-state index contributed by atoms with van der Waals surface area (Å²) < 4.78 is 6.23. The average molecular weight is 410 g/mol. The molecule has 0 radical (unpaired) electrons. The number of hydrogen-bond acceptors (Lipinski definition) is 5. The maximum absolute atomic E-state index is 13.6. The van der Waals surface area contributed by atoms with Crippen LogP contribution in [0.25, 0.3) is 0 Å². The number of nitrogens with zero attached hydrogens (tertiary/aromatic N) is 3. The molecule has 160 valence electrons. The molecule has 0 saturated carbocycles. The molecule has 2 aliphatic heterocycles. The van der Waals surface area contributed by atoms with Crippen molar-refractivity contribution in [2.45, 2.75) is 44.9 Å². The van der Waals surface area contributed by atoms with Crippen LogP contribution in [0.2, 0.25) is 0 Å². The van der Waals surface area contributed by atoms with Gasteiger partial charge in [0.25, 0.3) is 5.91 Å². The second kappa shape index (κ2) is 9.25. The summed E-state index contributed by atoms with van der Waals surface area (Å²) in [7, 11) is 0. The molecule has 30 heavy (non-hydrogen) atoms. The fourth-order valence-corrected chi connectivity index (χ4v) is 4.64. The van der Waals surface area contributed by atoms with E-state index in [2.05, 4.69) is 22.0 Å². The standard InChI is InChI=1S/C24H31N3O3/c1-17-14-20(15-18(2)25-17)24(29)27-12-13-30-22(16-26-10-8-21(28)9-11-26)23(27)19-6-4-3-5-7-19/h3-7,14-15,21-23,28H,8-13,16H2,1-2H3/t22-,23-/m0/s1. The van der Waals surface area contributed by atoms with Crippen molar-refractivity contribution in [2.75, 3.05) is 32.8 Å². The van der Waals surface area contributed by atoms with Crippen LogP contribution in [0.4, 0.5) is 0 Å². The number of aryl methyl sites for hydroxylation is 2. The molecular weight excluding hydrogens is 378 g/mol. The summed E-state index contributed by atoms with van der Waals surface area (Å²) in [4.78, 5) is 22.3. The van der Waals surface area contributed by atoms with E-state index in [-0.39, 0.29) is 24.2 Å². The Morgan fingerprint density at radius 2 is 1.77 bits per heavy atom. The van der Waals surface area contributed by atoms with Crippen molar-refractivity contribution in [3.63, 3.8) is 0 Å². The average Bonchev–Trinajstić information content (AvgIpc) is 2.74. The van der Waals surface area contributed by atoms with Crippen LogP contribution in [0.1, 0.15) is 46.2 Å². The topological polar surface area (TPSA) is 65.9 Å². The number of piperidine rings is 1. The highest BCUT2D eigenvalue weighted by atomic mass is 16.5. The Morgan fingerprint density at radius 3 is 2.43 bits per heavy atom. The van der Waals surface area contributed by atoms with Gasteiger partial charge in [-0.05, 0) is 44.4 Å². The van der Waals surface area contributed by atoms with E-state index >= 15 is 0 Å². The van der Waals surface area contributed by atoms with Gasteiger partial charge in [0.2, 0.25) is 0 Å². The molecule has 6 nitrogen and oxygen atoms in total. The second-order valence-electron chi connectivity index (χ2n) is 8.43. The number of aliphatic hydroxyl groups excluding tert-OH is 1. The van der Waals surface area contributed by atoms with Crippen molar-refractivity contribution in [2.24, 2.45) is 0 Å². The lowest BCUT2D eigenvalue weighted by atomic mass is 9.95. The molecule has 2 saturated heterocycles. The third-order valence-corrected chi connectivity index (χ3v) is 6.08. The molecule has 2 atom stereocenters. The monoisotopic (exact) mass is 409 g/mol. The zero-order valence-corrected chi connectivity index (χ0v) is 17.8. The lowest BCUT2D eigenvalue weighted by molar-refractivity contribution is -0.0770.